The Bertz CT molecular complexity index is 965. The van der Waals surface area contributed by atoms with Crippen LogP contribution in [0.15, 0.2) is 42.5 Å². The van der Waals surface area contributed by atoms with E-state index in [1.165, 1.54) is 25.7 Å². The minimum absolute atomic E-state index is 0.0331. The molecule has 0 saturated heterocycles. The number of nitrogens with one attached hydrogen (secondary N) is 1. The summed E-state index contributed by atoms with van der Waals surface area (Å²) in [5.41, 5.74) is 3.52. The van der Waals surface area contributed by atoms with Crippen LogP contribution in [0.4, 0.5) is 10.5 Å². The Morgan fingerprint density at radius 3 is 2.40 bits per heavy atom. The molecule has 0 bridgehead atoms. The average Bonchev–Trinajstić information content (AvgIpc) is 3.38. The van der Waals surface area contributed by atoms with E-state index in [4.69, 9.17) is 0 Å². The van der Waals surface area contributed by atoms with Gasteiger partial charge in [0.05, 0.1) is 0 Å². The van der Waals surface area contributed by atoms with E-state index in [1.807, 2.05) is 42.5 Å². The van der Waals surface area contributed by atoms with Gasteiger partial charge in [0.15, 0.2) is 0 Å². The van der Waals surface area contributed by atoms with E-state index in [0.717, 1.165) is 27.6 Å². The molecule has 5 nitrogen and oxygen atoms in total. The van der Waals surface area contributed by atoms with Crippen LogP contribution >= 0.6 is 0 Å². The first-order valence-electron chi connectivity index (χ1n) is 10.6. The topological polar surface area (TPSA) is 66.5 Å². The summed E-state index contributed by atoms with van der Waals surface area (Å²) in [5, 5.41) is 2.94. The Morgan fingerprint density at radius 2 is 1.70 bits per heavy atom. The maximum absolute atomic E-state index is 12.7. The summed E-state index contributed by atoms with van der Waals surface area (Å²) >= 11 is -0.776. The number of fused-ring (bicyclic) bond motifs is 1. The van der Waals surface area contributed by atoms with Crippen LogP contribution in [0.2, 0.25) is 0 Å². The zero-order valence-electron chi connectivity index (χ0n) is 17.2. The van der Waals surface area contributed by atoms with Crippen molar-refractivity contribution in [2.45, 2.75) is 52.1 Å². The van der Waals surface area contributed by atoms with E-state index < -0.39 is 15.8 Å². The summed E-state index contributed by atoms with van der Waals surface area (Å²) in [6, 6.07) is 13.2. The van der Waals surface area contributed by atoms with E-state index in [2.05, 4.69) is 5.32 Å². The fourth-order valence-corrected chi connectivity index (χ4v) is 6.48. The van der Waals surface area contributed by atoms with Gasteiger partial charge in [-0.15, -0.1) is 0 Å². The molecule has 1 atom stereocenters. The molecule has 0 aromatic heterocycles. The van der Waals surface area contributed by atoms with Gasteiger partial charge in [-0.25, -0.2) is 0 Å². The van der Waals surface area contributed by atoms with Crippen molar-refractivity contribution in [3.63, 3.8) is 0 Å². The molecule has 1 unspecified atom stereocenters. The van der Waals surface area contributed by atoms with Crippen molar-refractivity contribution >= 4 is 42.2 Å². The van der Waals surface area contributed by atoms with Crippen molar-refractivity contribution in [2.75, 3.05) is 5.32 Å². The fraction of sp³-hybridized carbons (Fsp3) is 0.375. The van der Waals surface area contributed by atoms with Crippen molar-refractivity contribution < 1.29 is 14.4 Å². The molecule has 1 heterocycles. The van der Waals surface area contributed by atoms with Crippen molar-refractivity contribution in [1.82, 2.24) is 4.90 Å². The van der Waals surface area contributed by atoms with Crippen LogP contribution in [0, 0.1) is 5.92 Å². The zero-order valence-corrected chi connectivity index (χ0v) is 19.3. The van der Waals surface area contributed by atoms with Crippen LogP contribution in [-0.4, -0.2) is 37.0 Å². The fourth-order valence-electron chi connectivity index (χ4n) is 4.29. The maximum atomic E-state index is 12.7. The van der Waals surface area contributed by atoms with E-state index in [-0.39, 0.29) is 11.8 Å². The molecule has 1 aliphatic heterocycles. The quantitative estimate of drug-likeness (QED) is 0.523. The van der Waals surface area contributed by atoms with E-state index in [1.54, 1.807) is 11.8 Å². The van der Waals surface area contributed by atoms with Gasteiger partial charge in [0, 0.05) is 0 Å². The van der Waals surface area contributed by atoms with Crippen LogP contribution in [-0.2, 0) is 17.9 Å². The average molecular weight is 466 g/mol. The molecule has 1 fully saturated rings. The van der Waals surface area contributed by atoms with Crippen molar-refractivity contribution in [2.24, 2.45) is 5.92 Å². The molecule has 2 amide bonds. The number of benzene rings is 2. The number of Topliss-reactive ketones (excluding diaryl/α,β-unsaturated/α-hetero) is 1. The van der Waals surface area contributed by atoms with Gasteiger partial charge in [-0.05, 0) is 6.92 Å². The van der Waals surface area contributed by atoms with Gasteiger partial charge in [-0.1, -0.05) is 0 Å². The molecule has 1 saturated carbocycles. The Balaban J connectivity index is 1.30. The van der Waals surface area contributed by atoms with E-state index >= 15 is 0 Å². The van der Waals surface area contributed by atoms with Crippen molar-refractivity contribution in [3.8, 4) is 0 Å². The molecular formula is C24H27AsN2O3. The first-order chi connectivity index (χ1) is 14.5. The second-order valence-electron chi connectivity index (χ2n) is 8.31. The van der Waals surface area contributed by atoms with Crippen LogP contribution in [0.1, 0.15) is 60.5 Å². The van der Waals surface area contributed by atoms with Crippen molar-refractivity contribution in [3.05, 3.63) is 59.2 Å². The third kappa shape index (κ3) is 5.01. The van der Waals surface area contributed by atoms with Gasteiger partial charge in [0.25, 0.3) is 0 Å². The first kappa shape index (κ1) is 20.9. The summed E-state index contributed by atoms with van der Waals surface area (Å²) in [6.07, 6.45) is 5.70. The van der Waals surface area contributed by atoms with Gasteiger partial charge in [-0.3, -0.25) is 4.79 Å². The Morgan fingerprint density at radius 1 is 1.00 bits per heavy atom. The molecule has 2 aliphatic rings. The minimum atomic E-state index is -0.776. The third-order valence-corrected chi connectivity index (χ3v) is 8.31. The molecule has 6 heteroatoms. The predicted molar refractivity (Wildman–Crippen MR) is 120 cm³/mol. The molecule has 1 N–H and O–H groups in total. The molecular weight excluding hydrogens is 439 g/mol. The van der Waals surface area contributed by atoms with Gasteiger partial charge in [0.2, 0.25) is 0 Å². The normalized spacial score (nSPS) is 16.2. The number of rotatable bonds is 6. The predicted octanol–water partition coefficient (Wildman–Crippen LogP) is 3.61. The molecule has 30 heavy (non-hydrogen) atoms. The zero-order chi connectivity index (χ0) is 21.1. The Hall–Kier alpha value is -2.39. The molecule has 2 aromatic rings. The number of amides is 2. The number of anilines is 1. The number of hydrogen-bond acceptors (Lipinski definition) is 3. The third-order valence-electron chi connectivity index (χ3n) is 5.99. The summed E-state index contributed by atoms with van der Waals surface area (Å²) in [4.78, 5) is 38.3. The Kier molecular flexibility index (Phi) is 6.38. The van der Waals surface area contributed by atoms with Crippen LogP contribution in [0.5, 0.6) is 0 Å². The number of carbonyl (C=O) groups is 3. The van der Waals surface area contributed by atoms with Gasteiger partial charge < -0.3 is 0 Å². The second kappa shape index (κ2) is 9.18. The van der Waals surface area contributed by atoms with E-state index in [9.17, 15) is 14.4 Å². The number of hydrogen-bond donors (Lipinski definition) is 1. The van der Waals surface area contributed by atoms with E-state index in [0.29, 0.717) is 29.1 Å². The second-order valence-corrected chi connectivity index (χ2v) is 11.2. The summed E-state index contributed by atoms with van der Waals surface area (Å²) in [6.45, 7) is 2.59. The number of carbonyl (C=O) groups excluding carboxylic acids is 3. The van der Waals surface area contributed by atoms with Crippen molar-refractivity contribution in [1.29, 1.82) is 0 Å². The molecule has 156 valence electrons. The number of ketones is 1. The Labute approximate surface area is 183 Å². The molecule has 0 radical (unpaired) electrons. The van der Waals surface area contributed by atoms with Crippen LogP contribution in [0.25, 0.3) is 0 Å². The first-order valence-corrected chi connectivity index (χ1v) is 12.7. The molecule has 2 aromatic carbocycles. The summed E-state index contributed by atoms with van der Waals surface area (Å²) in [7, 11) is 0. The van der Waals surface area contributed by atoms with Gasteiger partial charge in [-0.2, -0.15) is 0 Å². The SMILES string of the molecule is CC(=O)c1ccc2c(c1)CN(C(=O)Nc1ccc([AsH]C(=O)CC3CCCC3)cc1)C2. The number of nitrogens with zero attached hydrogens (tertiary/aromatic N) is 1. The molecule has 0 spiro atoms. The molecule has 1 aliphatic carbocycles. The van der Waals surface area contributed by atoms with Crippen LogP contribution in [0.3, 0.4) is 0 Å². The summed E-state index contributed by atoms with van der Waals surface area (Å²) in [5.74, 6) is 0.640. The monoisotopic (exact) mass is 466 g/mol. The van der Waals surface area contributed by atoms with Crippen LogP contribution < -0.4 is 9.67 Å². The summed E-state index contributed by atoms with van der Waals surface area (Å²) < 4.78 is 1.54. The number of urea groups is 1. The van der Waals surface area contributed by atoms with Gasteiger partial charge in [0.1, 0.15) is 0 Å². The standard InChI is InChI=1S/C24H27AsN2O3/c1-16(28)18-6-7-19-14-27(15-20(19)13-18)24(30)26-22-10-8-21(9-11-22)25-23(29)12-17-4-2-3-5-17/h6-11,13,17,25H,2-5,12,14-15H2,1H3,(H,26,30). The molecule has 4 rings (SSSR count). The van der Waals surface area contributed by atoms with Gasteiger partial charge >= 0.3 is 172 Å².